The van der Waals surface area contributed by atoms with Crippen molar-refractivity contribution in [2.24, 2.45) is 7.05 Å². The Morgan fingerprint density at radius 3 is 2.60 bits per heavy atom. The lowest BCUT2D eigenvalue weighted by Gasteiger charge is -2.02. The number of aromatic hydroxyl groups is 1. The highest BCUT2D eigenvalue weighted by atomic mass is 16.3. The highest BCUT2D eigenvalue weighted by Gasteiger charge is 2.07. The van der Waals surface area contributed by atoms with Crippen molar-refractivity contribution in [3.63, 3.8) is 0 Å². The molecule has 0 amide bonds. The fourth-order valence-electron chi connectivity index (χ4n) is 1.55. The molecule has 2 rings (SSSR count). The molecule has 1 aromatic heterocycles. The fourth-order valence-corrected chi connectivity index (χ4v) is 1.55. The molecule has 0 unspecified atom stereocenters. The van der Waals surface area contributed by atoms with Crippen LogP contribution in [0.3, 0.4) is 0 Å². The van der Waals surface area contributed by atoms with E-state index in [4.69, 9.17) is 5.73 Å². The van der Waals surface area contributed by atoms with Gasteiger partial charge in [0.25, 0.3) is 0 Å². The van der Waals surface area contributed by atoms with E-state index in [-0.39, 0.29) is 5.75 Å². The Bertz CT molecular complexity index is 483. The number of hydrogen-bond donors (Lipinski definition) is 2. The molecule has 0 spiro atoms. The molecular formula is C11H13N3O. The van der Waals surface area contributed by atoms with Crippen LogP contribution in [-0.2, 0) is 7.05 Å². The van der Waals surface area contributed by atoms with Crippen molar-refractivity contribution in [2.45, 2.75) is 6.92 Å². The standard InChI is InChI=1S/C11H13N3O/c1-7-5-8(15)3-4-9(7)10-6-11(12)14(2)13-10/h3-6,15H,12H2,1-2H3. The van der Waals surface area contributed by atoms with Gasteiger partial charge in [-0.2, -0.15) is 5.10 Å². The molecule has 78 valence electrons. The second-order valence-electron chi connectivity index (χ2n) is 3.58. The van der Waals surface area contributed by atoms with Gasteiger partial charge in [-0.3, -0.25) is 4.68 Å². The third-order valence-electron chi connectivity index (χ3n) is 2.40. The van der Waals surface area contributed by atoms with Crippen molar-refractivity contribution in [1.29, 1.82) is 0 Å². The van der Waals surface area contributed by atoms with Crippen LogP contribution in [0.2, 0.25) is 0 Å². The minimum Gasteiger partial charge on any atom is -0.508 e. The molecule has 0 fully saturated rings. The van der Waals surface area contributed by atoms with Crippen LogP contribution in [0.1, 0.15) is 5.56 Å². The molecule has 0 atom stereocenters. The molecule has 4 nitrogen and oxygen atoms in total. The number of rotatable bonds is 1. The maximum absolute atomic E-state index is 9.29. The minimum absolute atomic E-state index is 0.264. The number of anilines is 1. The average molecular weight is 203 g/mol. The third kappa shape index (κ3) is 1.66. The maximum Gasteiger partial charge on any atom is 0.121 e. The Hall–Kier alpha value is -1.97. The lowest BCUT2D eigenvalue weighted by molar-refractivity contribution is 0.475. The van der Waals surface area contributed by atoms with Crippen LogP contribution in [-0.4, -0.2) is 14.9 Å². The number of nitrogens with zero attached hydrogens (tertiary/aromatic N) is 2. The number of hydrogen-bond acceptors (Lipinski definition) is 3. The second kappa shape index (κ2) is 3.31. The Labute approximate surface area is 88.0 Å². The van der Waals surface area contributed by atoms with Crippen LogP contribution in [0.4, 0.5) is 5.82 Å². The van der Waals surface area contributed by atoms with Crippen molar-refractivity contribution in [2.75, 3.05) is 5.73 Å². The van der Waals surface area contributed by atoms with Gasteiger partial charge in [-0.05, 0) is 30.7 Å². The molecule has 1 heterocycles. The minimum atomic E-state index is 0.264. The third-order valence-corrected chi connectivity index (χ3v) is 2.40. The van der Waals surface area contributed by atoms with Gasteiger partial charge in [0.15, 0.2) is 0 Å². The Morgan fingerprint density at radius 2 is 2.07 bits per heavy atom. The van der Waals surface area contributed by atoms with Gasteiger partial charge < -0.3 is 10.8 Å². The molecule has 0 aliphatic rings. The van der Waals surface area contributed by atoms with Gasteiger partial charge in [0, 0.05) is 18.7 Å². The lowest BCUT2D eigenvalue weighted by atomic mass is 10.1. The molecule has 0 aliphatic carbocycles. The fraction of sp³-hybridized carbons (Fsp3) is 0.182. The number of phenols is 1. The summed E-state index contributed by atoms with van der Waals surface area (Å²) in [4.78, 5) is 0. The molecule has 3 N–H and O–H groups in total. The molecule has 0 saturated heterocycles. The number of aromatic nitrogens is 2. The average Bonchev–Trinajstić information content (AvgIpc) is 2.46. The van der Waals surface area contributed by atoms with Crippen molar-refractivity contribution in [1.82, 2.24) is 9.78 Å². The summed E-state index contributed by atoms with van der Waals surface area (Å²) in [7, 11) is 1.80. The van der Waals surface area contributed by atoms with Gasteiger partial charge in [0.1, 0.15) is 11.6 Å². The summed E-state index contributed by atoms with van der Waals surface area (Å²) in [5.74, 6) is 0.887. The van der Waals surface area contributed by atoms with E-state index in [0.29, 0.717) is 5.82 Å². The molecule has 0 radical (unpaired) electrons. The van der Waals surface area contributed by atoms with Crippen molar-refractivity contribution < 1.29 is 5.11 Å². The summed E-state index contributed by atoms with van der Waals surface area (Å²) in [5.41, 5.74) is 8.50. The Balaban J connectivity index is 2.54. The smallest absolute Gasteiger partial charge is 0.121 e. The van der Waals surface area contributed by atoms with Gasteiger partial charge in [-0.25, -0.2) is 0 Å². The quantitative estimate of drug-likeness (QED) is 0.741. The summed E-state index contributed by atoms with van der Waals surface area (Å²) in [5, 5.41) is 13.6. The molecular weight excluding hydrogens is 190 g/mol. The number of benzene rings is 1. The van der Waals surface area contributed by atoms with Crippen LogP contribution >= 0.6 is 0 Å². The first-order valence-electron chi connectivity index (χ1n) is 4.67. The molecule has 0 aliphatic heterocycles. The highest BCUT2D eigenvalue weighted by Crippen LogP contribution is 2.26. The van der Waals surface area contributed by atoms with Gasteiger partial charge >= 0.3 is 0 Å². The summed E-state index contributed by atoms with van der Waals surface area (Å²) in [6.07, 6.45) is 0. The predicted octanol–water partition coefficient (Wildman–Crippen LogP) is 1.68. The monoisotopic (exact) mass is 203 g/mol. The van der Waals surface area contributed by atoms with E-state index in [1.807, 2.05) is 19.1 Å². The van der Waals surface area contributed by atoms with Gasteiger partial charge in [-0.15, -0.1) is 0 Å². The Kier molecular flexibility index (Phi) is 2.11. The molecule has 1 aromatic carbocycles. The zero-order valence-corrected chi connectivity index (χ0v) is 8.73. The van der Waals surface area contributed by atoms with E-state index in [1.54, 1.807) is 23.9 Å². The molecule has 15 heavy (non-hydrogen) atoms. The zero-order valence-electron chi connectivity index (χ0n) is 8.73. The van der Waals surface area contributed by atoms with E-state index in [2.05, 4.69) is 5.10 Å². The van der Waals surface area contributed by atoms with E-state index in [0.717, 1.165) is 16.8 Å². The van der Waals surface area contributed by atoms with Crippen molar-refractivity contribution >= 4 is 5.82 Å². The summed E-state index contributed by atoms with van der Waals surface area (Å²) >= 11 is 0. The molecule has 2 aromatic rings. The van der Waals surface area contributed by atoms with E-state index < -0.39 is 0 Å². The first-order chi connectivity index (χ1) is 7.08. The number of nitrogens with two attached hydrogens (primary N) is 1. The first-order valence-corrected chi connectivity index (χ1v) is 4.67. The SMILES string of the molecule is Cc1cc(O)ccc1-c1cc(N)n(C)n1. The van der Waals surface area contributed by atoms with Crippen molar-refractivity contribution in [3.05, 3.63) is 29.8 Å². The van der Waals surface area contributed by atoms with Gasteiger partial charge in [0.2, 0.25) is 0 Å². The van der Waals surface area contributed by atoms with Gasteiger partial charge in [0.05, 0.1) is 5.69 Å². The van der Waals surface area contributed by atoms with Crippen molar-refractivity contribution in [3.8, 4) is 17.0 Å². The second-order valence-corrected chi connectivity index (χ2v) is 3.58. The van der Waals surface area contributed by atoms with Crippen LogP contribution in [0.25, 0.3) is 11.3 Å². The Morgan fingerprint density at radius 1 is 1.33 bits per heavy atom. The van der Waals surface area contributed by atoms with Crippen LogP contribution in [0, 0.1) is 6.92 Å². The maximum atomic E-state index is 9.29. The van der Waals surface area contributed by atoms with Crippen LogP contribution in [0.5, 0.6) is 5.75 Å². The molecule has 4 heteroatoms. The molecule has 0 bridgehead atoms. The zero-order chi connectivity index (χ0) is 11.0. The van der Waals surface area contributed by atoms with Crippen LogP contribution < -0.4 is 5.73 Å². The topological polar surface area (TPSA) is 64.1 Å². The van der Waals surface area contributed by atoms with E-state index in [9.17, 15) is 5.11 Å². The predicted molar refractivity (Wildman–Crippen MR) is 59.5 cm³/mol. The highest BCUT2D eigenvalue weighted by molar-refractivity contribution is 5.66. The largest absolute Gasteiger partial charge is 0.508 e. The van der Waals surface area contributed by atoms with Gasteiger partial charge in [-0.1, -0.05) is 0 Å². The summed E-state index contributed by atoms with van der Waals surface area (Å²) < 4.78 is 1.63. The molecule has 0 saturated carbocycles. The van der Waals surface area contributed by atoms with E-state index >= 15 is 0 Å². The number of phenolic OH excluding ortho intramolecular Hbond substituents is 1. The lowest BCUT2D eigenvalue weighted by Crippen LogP contribution is -1.96. The first kappa shape index (κ1) is 9.58. The summed E-state index contributed by atoms with van der Waals surface area (Å²) in [6.45, 7) is 1.93. The van der Waals surface area contributed by atoms with E-state index in [1.165, 1.54) is 0 Å². The summed E-state index contributed by atoms with van der Waals surface area (Å²) in [6, 6.07) is 7.01. The normalized spacial score (nSPS) is 10.5. The number of nitrogen functional groups attached to an aromatic ring is 1. The number of aryl methyl sites for hydroxylation is 2. The van der Waals surface area contributed by atoms with Crippen LogP contribution in [0.15, 0.2) is 24.3 Å².